The van der Waals surface area contributed by atoms with Gasteiger partial charge in [0.15, 0.2) is 8.46 Å². The minimum atomic E-state index is -0.790. The molecule has 94 valence electrons. The second kappa shape index (κ2) is 8.69. The Bertz CT molecular complexity index is 208. The van der Waals surface area contributed by atoms with Crippen molar-refractivity contribution in [2.45, 2.75) is 64.5 Å². The molecule has 0 spiro atoms. The van der Waals surface area contributed by atoms with Crippen LogP contribution in [0.1, 0.15) is 59.3 Å². The summed E-state index contributed by atoms with van der Waals surface area (Å²) >= 11 is 0. The molecule has 0 aromatic rings. The van der Waals surface area contributed by atoms with Gasteiger partial charge < -0.3 is 4.74 Å². The highest BCUT2D eigenvalue weighted by atomic mass is 31.1. The molecule has 0 atom stereocenters. The van der Waals surface area contributed by atoms with Crippen molar-refractivity contribution in [1.82, 2.24) is 0 Å². The lowest BCUT2D eigenvalue weighted by Gasteiger charge is -2.24. The summed E-state index contributed by atoms with van der Waals surface area (Å²) in [5.74, 6) is -0.298. The molecule has 0 unspecified atom stereocenters. The van der Waals surface area contributed by atoms with E-state index in [9.17, 15) is 9.36 Å². The average Bonchev–Trinajstić information content (AvgIpc) is 2.30. The molecule has 0 aromatic heterocycles. The Labute approximate surface area is 100 Å². The van der Waals surface area contributed by atoms with Crippen molar-refractivity contribution >= 4 is 14.4 Å². The molecule has 16 heavy (non-hydrogen) atoms. The van der Waals surface area contributed by atoms with Crippen LogP contribution in [-0.2, 0) is 14.1 Å². The van der Waals surface area contributed by atoms with Crippen molar-refractivity contribution in [2.24, 2.45) is 0 Å². The maximum absolute atomic E-state index is 11.9. The summed E-state index contributed by atoms with van der Waals surface area (Å²) in [7, 11) is -0.0874. The minimum Gasteiger partial charge on any atom is -0.465 e. The van der Waals surface area contributed by atoms with E-state index in [0.29, 0.717) is 19.4 Å². The quantitative estimate of drug-likeness (QED) is 0.457. The lowest BCUT2D eigenvalue weighted by atomic mass is 9.95. The first-order valence-electron chi connectivity index (χ1n) is 6.18. The summed E-state index contributed by atoms with van der Waals surface area (Å²) in [5, 5.41) is -0.790. The standard InChI is InChI=1S/C12H23O3P/c1-4-7-9-12(16-14,10-8-5-2)11(13)15-6-3/h4-10H2,1-3H3. The number of carbonyl (C=O) groups is 1. The Morgan fingerprint density at radius 2 is 1.62 bits per heavy atom. The molecule has 0 heterocycles. The van der Waals surface area contributed by atoms with E-state index in [-0.39, 0.29) is 14.4 Å². The maximum Gasteiger partial charge on any atom is 0.323 e. The highest BCUT2D eigenvalue weighted by Gasteiger charge is 2.39. The monoisotopic (exact) mass is 246 g/mol. The van der Waals surface area contributed by atoms with Crippen molar-refractivity contribution in [3.63, 3.8) is 0 Å². The second-order valence-corrected chi connectivity index (χ2v) is 5.09. The third-order valence-electron chi connectivity index (χ3n) is 2.72. The second-order valence-electron chi connectivity index (χ2n) is 4.05. The van der Waals surface area contributed by atoms with E-state index in [1.807, 2.05) is 0 Å². The number of carbonyl (C=O) groups excluding carboxylic acids is 1. The Kier molecular flexibility index (Phi) is 8.46. The predicted molar refractivity (Wildman–Crippen MR) is 66.0 cm³/mol. The van der Waals surface area contributed by atoms with Crippen molar-refractivity contribution in [3.8, 4) is 0 Å². The molecule has 0 bridgehead atoms. The first-order valence-corrected chi connectivity index (χ1v) is 6.99. The maximum atomic E-state index is 11.9. The lowest BCUT2D eigenvalue weighted by Crippen LogP contribution is -2.34. The Morgan fingerprint density at radius 3 is 1.94 bits per heavy atom. The summed E-state index contributed by atoms with van der Waals surface area (Å²) in [6.07, 6.45) is 5.15. The van der Waals surface area contributed by atoms with Gasteiger partial charge in [-0.3, -0.25) is 9.36 Å². The van der Waals surface area contributed by atoms with Crippen LogP contribution in [-0.4, -0.2) is 17.7 Å². The first kappa shape index (κ1) is 15.6. The zero-order chi connectivity index (χ0) is 12.4. The fraction of sp³-hybridized carbons (Fsp3) is 0.917. The van der Waals surface area contributed by atoms with Gasteiger partial charge in [-0.1, -0.05) is 39.5 Å². The smallest absolute Gasteiger partial charge is 0.323 e. The van der Waals surface area contributed by atoms with Gasteiger partial charge in [0.2, 0.25) is 0 Å². The summed E-state index contributed by atoms with van der Waals surface area (Å²) in [6, 6.07) is 0. The van der Waals surface area contributed by atoms with Crippen molar-refractivity contribution in [1.29, 1.82) is 0 Å². The summed E-state index contributed by atoms with van der Waals surface area (Å²) in [5.41, 5.74) is 0. The lowest BCUT2D eigenvalue weighted by molar-refractivity contribution is -0.146. The molecular weight excluding hydrogens is 223 g/mol. The molecule has 0 N–H and O–H groups in total. The van der Waals surface area contributed by atoms with Crippen molar-refractivity contribution in [2.75, 3.05) is 6.61 Å². The number of hydrogen-bond acceptors (Lipinski definition) is 3. The van der Waals surface area contributed by atoms with Crippen LogP contribution in [0.5, 0.6) is 0 Å². The summed E-state index contributed by atoms with van der Waals surface area (Å²) in [6.45, 7) is 6.27. The van der Waals surface area contributed by atoms with Gasteiger partial charge in [0, 0.05) is 0 Å². The average molecular weight is 246 g/mol. The van der Waals surface area contributed by atoms with Crippen LogP contribution in [0.25, 0.3) is 0 Å². The van der Waals surface area contributed by atoms with Crippen LogP contribution in [0.4, 0.5) is 0 Å². The molecule has 0 amide bonds. The molecular formula is C12H23O3P. The zero-order valence-corrected chi connectivity index (χ0v) is 11.5. The SMILES string of the molecule is CCCCC(CCCC)(P=O)C(=O)OCC. The molecule has 0 aliphatic heterocycles. The Balaban J connectivity index is 4.64. The topological polar surface area (TPSA) is 43.4 Å². The molecule has 4 heteroatoms. The van der Waals surface area contributed by atoms with Crippen molar-refractivity contribution in [3.05, 3.63) is 0 Å². The van der Waals surface area contributed by atoms with Gasteiger partial charge in [-0.2, -0.15) is 0 Å². The van der Waals surface area contributed by atoms with Gasteiger partial charge in [0.1, 0.15) is 5.16 Å². The molecule has 0 aliphatic carbocycles. The van der Waals surface area contributed by atoms with E-state index in [1.165, 1.54) is 0 Å². The number of esters is 1. The molecule has 0 aromatic carbocycles. The van der Waals surface area contributed by atoms with Crippen LogP contribution in [0.15, 0.2) is 0 Å². The Hall–Kier alpha value is -0.430. The number of hydrogen-bond donors (Lipinski definition) is 0. The zero-order valence-electron chi connectivity index (χ0n) is 10.6. The van der Waals surface area contributed by atoms with Crippen molar-refractivity contribution < 1.29 is 14.1 Å². The highest BCUT2D eigenvalue weighted by molar-refractivity contribution is 7.27. The molecule has 0 saturated carbocycles. The van der Waals surface area contributed by atoms with Crippen LogP contribution < -0.4 is 0 Å². The minimum absolute atomic E-state index is 0.0874. The highest BCUT2D eigenvalue weighted by Crippen LogP contribution is 2.36. The van der Waals surface area contributed by atoms with E-state index in [4.69, 9.17) is 4.74 Å². The van der Waals surface area contributed by atoms with E-state index in [2.05, 4.69) is 13.8 Å². The van der Waals surface area contributed by atoms with E-state index in [1.54, 1.807) is 6.92 Å². The third-order valence-corrected chi connectivity index (χ3v) is 3.70. The molecule has 0 radical (unpaired) electrons. The molecule has 0 aliphatic rings. The number of ether oxygens (including phenoxy) is 1. The van der Waals surface area contributed by atoms with E-state index in [0.717, 1.165) is 25.7 Å². The molecule has 0 saturated heterocycles. The molecule has 0 fully saturated rings. The van der Waals surface area contributed by atoms with Gasteiger partial charge in [-0.05, 0) is 19.8 Å². The van der Waals surface area contributed by atoms with Gasteiger partial charge >= 0.3 is 5.97 Å². The molecule has 3 nitrogen and oxygen atoms in total. The molecule has 0 rings (SSSR count). The first-order chi connectivity index (χ1) is 7.66. The van der Waals surface area contributed by atoms with Crippen LogP contribution >= 0.6 is 8.46 Å². The third kappa shape index (κ3) is 4.61. The summed E-state index contributed by atoms with van der Waals surface area (Å²) < 4.78 is 16.4. The summed E-state index contributed by atoms with van der Waals surface area (Å²) in [4.78, 5) is 11.9. The van der Waals surface area contributed by atoms with Gasteiger partial charge in [0.25, 0.3) is 0 Å². The van der Waals surface area contributed by atoms with E-state index < -0.39 is 5.16 Å². The predicted octanol–water partition coefficient (Wildman–Crippen LogP) is 3.96. The van der Waals surface area contributed by atoms with E-state index >= 15 is 0 Å². The number of rotatable bonds is 9. The number of unbranched alkanes of at least 4 members (excludes halogenated alkanes) is 2. The van der Waals surface area contributed by atoms with Crippen LogP contribution in [0.3, 0.4) is 0 Å². The normalized spacial score (nSPS) is 11.7. The Morgan fingerprint density at radius 1 is 1.12 bits per heavy atom. The van der Waals surface area contributed by atoms with Gasteiger partial charge in [-0.15, -0.1) is 0 Å². The van der Waals surface area contributed by atoms with Gasteiger partial charge in [-0.25, -0.2) is 0 Å². The largest absolute Gasteiger partial charge is 0.465 e. The van der Waals surface area contributed by atoms with Crippen LogP contribution in [0.2, 0.25) is 0 Å². The fourth-order valence-corrected chi connectivity index (χ4v) is 2.30. The van der Waals surface area contributed by atoms with Gasteiger partial charge in [0.05, 0.1) is 6.61 Å². The fourth-order valence-electron chi connectivity index (χ4n) is 1.66. The van der Waals surface area contributed by atoms with Crippen LogP contribution in [0, 0.1) is 0 Å².